The number of carbonyl (C=O) groups is 1. The largest absolute Gasteiger partial charge is 0.489 e. The molecule has 1 amide bonds. The van der Waals surface area contributed by atoms with Gasteiger partial charge in [-0.05, 0) is 37.6 Å². The molecule has 0 aliphatic carbocycles. The van der Waals surface area contributed by atoms with Crippen LogP contribution in [0.3, 0.4) is 0 Å². The lowest BCUT2D eigenvalue weighted by Gasteiger charge is -2.14. The normalized spacial score (nSPS) is 10.6. The van der Waals surface area contributed by atoms with Crippen molar-refractivity contribution in [2.24, 2.45) is 0 Å². The molecule has 28 heavy (non-hydrogen) atoms. The summed E-state index contributed by atoms with van der Waals surface area (Å²) in [7, 11) is 0. The van der Waals surface area contributed by atoms with Gasteiger partial charge in [-0.15, -0.1) is 0 Å². The fourth-order valence-corrected chi connectivity index (χ4v) is 2.68. The zero-order valence-electron chi connectivity index (χ0n) is 15.6. The van der Waals surface area contributed by atoms with Crippen molar-refractivity contribution in [3.05, 3.63) is 77.1 Å². The summed E-state index contributed by atoms with van der Waals surface area (Å²) in [4.78, 5) is 20.9. The molecule has 0 fully saturated rings. The highest BCUT2D eigenvalue weighted by Gasteiger charge is 2.12. The van der Waals surface area contributed by atoms with E-state index in [0.29, 0.717) is 34.5 Å². The topological polar surface area (TPSA) is 76.1 Å². The molecule has 3 rings (SSSR count). The van der Waals surface area contributed by atoms with Gasteiger partial charge < -0.3 is 15.4 Å². The number of nitrogens with zero attached hydrogens (tertiary/aromatic N) is 2. The molecule has 0 saturated carbocycles. The van der Waals surface area contributed by atoms with Gasteiger partial charge in [0.25, 0.3) is 5.91 Å². The number of aromatic nitrogens is 2. The summed E-state index contributed by atoms with van der Waals surface area (Å²) in [6.45, 7) is 4.35. The van der Waals surface area contributed by atoms with E-state index in [4.69, 9.17) is 16.3 Å². The molecule has 144 valence electrons. The molecule has 0 bridgehead atoms. The Morgan fingerprint density at radius 2 is 1.75 bits per heavy atom. The van der Waals surface area contributed by atoms with E-state index in [9.17, 15) is 4.79 Å². The van der Waals surface area contributed by atoms with Crippen LogP contribution in [-0.4, -0.2) is 22.0 Å². The Labute approximate surface area is 168 Å². The predicted molar refractivity (Wildman–Crippen MR) is 111 cm³/mol. The first-order valence-electron chi connectivity index (χ1n) is 8.89. The minimum atomic E-state index is -0.308. The molecule has 3 aromatic rings. The summed E-state index contributed by atoms with van der Waals surface area (Å²) in [5, 5.41) is 6.60. The van der Waals surface area contributed by atoms with Crippen molar-refractivity contribution in [3.8, 4) is 5.75 Å². The van der Waals surface area contributed by atoms with Gasteiger partial charge in [0.2, 0.25) is 5.95 Å². The first kappa shape index (κ1) is 19.6. The molecule has 2 N–H and O–H groups in total. The molecule has 0 atom stereocenters. The first-order valence-corrected chi connectivity index (χ1v) is 9.27. The van der Waals surface area contributed by atoms with Gasteiger partial charge in [-0.25, -0.2) is 9.97 Å². The van der Waals surface area contributed by atoms with Gasteiger partial charge >= 0.3 is 0 Å². The summed E-state index contributed by atoms with van der Waals surface area (Å²) in [5.74, 6) is 0.724. The van der Waals surface area contributed by atoms with Crippen LogP contribution in [-0.2, 0) is 6.54 Å². The third-order valence-corrected chi connectivity index (χ3v) is 4.18. The second kappa shape index (κ2) is 9.19. The van der Waals surface area contributed by atoms with E-state index < -0.39 is 0 Å². The van der Waals surface area contributed by atoms with Crippen molar-refractivity contribution in [1.82, 2.24) is 9.97 Å². The van der Waals surface area contributed by atoms with E-state index in [2.05, 4.69) is 20.6 Å². The van der Waals surface area contributed by atoms with Gasteiger partial charge in [-0.1, -0.05) is 41.9 Å². The van der Waals surface area contributed by atoms with Crippen LogP contribution in [0.5, 0.6) is 5.75 Å². The van der Waals surface area contributed by atoms with Crippen LogP contribution in [0.25, 0.3) is 0 Å². The fourth-order valence-electron chi connectivity index (χ4n) is 2.47. The Hall–Kier alpha value is -3.12. The number of benzene rings is 2. The predicted octanol–water partition coefficient (Wildman–Crippen LogP) is 4.78. The third-order valence-electron chi connectivity index (χ3n) is 3.81. The minimum Gasteiger partial charge on any atom is -0.489 e. The van der Waals surface area contributed by atoms with E-state index in [1.165, 1.54) is 12.4 Å². The van der Waals surface area contributed by atoms with E-state index in [-0.39, 0.29) is 12.0 Å². The average Bonchev–Trinajstić information content (AvgIpc) is 2.69. The molecule has 6 nitrogen and oxygen atoms in total. The lowest BCUT2D eigenvalue weighted by Crippen LogP contribution is -2.15. The molecule has 7 heteroatoms. The summed E-state index contributed by atoms with van der Waals surface area (Å²) in [6.07, 6.45) is 2.96. The number of rotatable bonds is 7. The molecular weight excluding hydrogens is 376 g/mol. The SMILES string of the molecule is CC(C)Oc1ccccc1NC(=O)c1cnc(NCc2ccccc2Cl)nc1. The maximum atomic E-state index is 12.5. The Morgan fingerprint density at radius 3 is 2.46 bits per heavy atom. The standard InChI is InChI=1S/C21H21ClN4O2/c1-14(2)28-19-10-6-5-9-18(19)26-20(27)16-12-24-21(25-13-16)23-11-15-7-3-4-8-17(15)22/h3-10,12-14H,11H2,1-2H3,(H,26,27)(H,23,24,25). The quantitative estimate of drug-likeness (QED) is 0.601. The maximum absolute atomic E-state index is 12.5. The molecule has 0 unspecified atom stereocenters. The second-order valence-corrected chi connectivity index (χ2v) is 6.76. The van der Waals surface area contributed by atoms with E-state index in [1.807, 2.05) is 56.3 Å². The molecule has 0 spiro atoms. The van der Waals surface area contributed by atoms with Gasteiger partial charge in [-0.3, -0.25) is 4.79 Å². The minimum absolute atomic E-state index is 0.00450. The summed E-state index contributed by atoms with van der Waals surface area (Å²) < 4.78 is 5.72. The van der Waals surface area contributed by atoms with Crippen molar-refractivity contribution in [1.29, 1.82) is 0 Å². The smallest absolute Gasteiger partial charge is 0.258 e. The van der Waals surface area contributed by atoms with Crippen LogP contribution in [0, 0.1) is 0 Å². The van der Waals surface area contributed by atoms with Crippen LogP contribution < -0.4 is 15.4 Å². The highest BCUT2D eigenvalue weighted by Crippen LogP contribution is 2.25. The molecular formula is C21H21ClN4O2. The summed E-state index contributed by atoms with van der Waals surface area (Å²) in [6, 6.07) is 14.8. The molecule has 1 heterocycles. The average molecular weight is 397 g/mol. The molecule has 1 aromatic heterocycles. The van der Waals surface area contributed by atoms with Crippen LogP contribution >= 0.6 is 11.6 Å². The zero-order valence-corrected chi connectivity index (χ0v) is 16.4. The van der Waals surface area contributed by atoms with Crippen molar-refractivity contribution >= 4 is 29.1 Å². The summed E-state index contributed by atoms with van der Waals surface area (Å²) in [5.41, 5.74) is 1.89. The number of hydrogen-bond donors (Lipinski definition) is 2. The molecule has 0 aliphatic heterocycles. The fraction of sp³-hybridized carbons (Fsp3) is 0.190. The van der Waals surface area contributed by atoms with Crippen molar-refractivity contribution in [2.75, 3.05) is 10.6 Å². The number of para-hydroxylation sites is 2. The lowest BCUT2D eigenvalue weighted by molar-refractivity contribution is 0.102. The Balaban J connectivity index is 1.63. The number of hydrogen-bond acceptors (Lipinski definition) is 5. The second-order valence-electron chi connectivity index (χ2n) is 6.36. The van der Waals surface area contributed by atoms with E-state index in [1.54, 1.807) is 6.07 Å². The molecule has 0 saturated heterocycles. The maximum Gasteiger partial charge on any atom is 0.258 e. The van der Waals surface area contributed by atoms with Gasteiger partial charge in [0.05, 0.1) is 17.4 Å². The molecule has 2 aromatic carbocycles. The number of carbonyl (C=O) groups excluding carboxylic acids is 1. The summed E-state index contributed by atoms with van der Waals surface area (Å²) >= 11 is 6.13. The molecule has 0 radical (unpaired) electrons. The number of nitrogens with one attached hydrogen (secondary N) is 2. The van der Waals surface area contributed by atoms with Gasteiger partial charge in [0.1, 0.15) is 5.75 Å². The van der Waals surface area contributed by atoms with Gasteiger partial charge in [-0.2, -0.15) is 0 Å². The zero-order chi connectivity index (χ0) is 19.9. The number of amides is 1. The third kappa shape index (κ3) is 5.20. The van der Waals surface area contributed by atoms with Crippen LogP contribution in [0.1, 0.15) is 29.8 Å². The number of anilines is 2. The Morgan fingerprint density at radius 1 is 1.07 bits per heavy atom. The van der Waals surface area contributed by atoms with E-state index in [0.717, 1.165) is 5.56 Å². The Bertz CT molecular complexity index is 945. The highest BCUT2D eigenvalue weighted by atomic mass is 35.5. The van der Waals surface area contributed by atoms with Gasteiger partial charge in [0, 0.05) is 24.0 Å². The van der Waals surface area contributed by atoms with Crippen molar-refractivity contribution < 1.29 is 9.53 Å². The number of ether oxygens (including phenoxy) is 1. The highest BCUT2D eigenvalue weighted by molar-refractivity contribution is 6.31. The van der Waals surface area contributed by atoms with E-state index >= 15 is 0 Å². The van der Waals surface area contributed by atoms with Crippen LogP contribution in [0.15, 0.2) is 60.9 Å². The van der Waals surface area contributed by atoms with Crippen molar-refractivity contribution in [3.63, 3.8) is 0 Å². The van der Waals surface area contributed by atoms with Crippen LogP contribution in [0.2, 0.25) is 5.02 Å². The van der Waals surface area contributed by atoms with Crippen LogP contribution in [0.4, 0.5) is 11.6 Å². The van der Waals surface area contributed by atoms with Crippen molar-refractivity contribution in [2.45, 2.75) is 26.5 Å². The molecule has 0 aliphatic rings. The van der Waals surface area contributed by atoms with Gasteiger partial charge in [0.15, 0.2) is 0 Å². The Kier molecular flexibility index (Phi) is 6.45. The number of halogens is 1. The lowest BCUT2D eigenvalue weighted by atomic mass is 10.2. The first-order chi connectivity index (χ1) is 13.5. The monoisotopic (exact) mass is 396 g/mol.